The Labute approximate surface area is 152 Å². The van der Waals surface area contributed by atoms with Crippen molar-refractivity contribution < 1.29 is 19.1 Å². The fourth-order valence-corrected chi connectivity index (χ4v) is 2.72. The van der Waals surface area contributed by atoms with Crippen molar-refractivity contribution in [2.24, 2.45) is 0 Å². The van der Waals surface area contributed by atoms with Gasteiger partial charge in [0.2, 0.25) is 0 Å². The van der Waals surface area contributed by atoms with Gasteiger partial charge in [-0.15, -0.1) is 0 Å². The van der Waals surface area contributed by atoms with Crippen LogP contribution in [0.1, 0.15) is 24.0 Å². The number of nitrogens with zero attached hydrogens (tertiary/aromatic N) is 1. The van der Waals surface area contributed by atoms with Gasteiger partial charge in [0.1, 0.15) is 19.3 Å². The third kappa shape index (κ3) is 4.72. The van der Waals surface area contributed by atoms with E-state index in [1.807, 2.05) is 66.7 Å². The lowest BCUT2D eigenvalue weighted by molar-refractivity contribution is -0.150. The molecule has 0 aromatic heterocycles. The highest BCUT2D eigenvalue weighted by Crippen LogP contribution is 2.19. The molecule has 5 nitrogen and oxygen atoms in total. The Balaban J connectivity index is 1.57. The molecule has 0 spiro atoms. The van der Waals surface area contributed by atoms with Crippen molar-refractivity contribution in [3.8, 4) is 0 Å². The van der Waals surface area contributed by atoms with Crippen LogP contribution in [0.25, 0.3) is 0 Å². The fraction of sp³-hybridized carbons (Fsp3) is 0.238. The van der Waals surface area contributed by atoms with Gasteiger partial charge in [-0.2, -0.15) is 0 Å². The summed E-state index contributed by atoms with van der Waals surface area (Å²) in [6.07, 6.45) is 4.14. The van der Waals surface area contributed by atoms with Crippen LogP contribution >= 0.6 is 0 Å². The van der Waals surface area contributed by atoms with E-state index in [1.54, 1.807) is 6.20 Å². The summed E-state index contributed by atoms with van der Waals surface area (Å²) < 4.78 is 10.7. The number of hydrogen-bond donors (Lipinski definition) is 0. The van der Waals surface area contributed by atoms with Crippen molar-refractivity contribution in [2.75, 3.05) is 0 Å². The number of esters is 1. The van der Waals surface area contributed by atoms with Gasteiger partial charge >= 0.3 is 12.1 Å². The number of rotatable bonds is 5. The third-order valence-electron chi connectivity index (χ3n) is 4.12. The zero-order valence-electron chi connectivity index (χ0n) is 14.4. The minimum atomic E-state index is -0.660. The molecule has 0 bridgehead atoms. The molecule has 2 aromatic rings. The van der Waals surface area contributed by atoms with Gasteiger partial charge in [-0.25, -0.2) is 9.59 Å². The van der Waals surface area contributed by atoms with Crippen molar-refractivity contribution in [2.45, 2.75) is 32.1 Å². The van der Waals surface area contributed by atoms with Crippen molar-refractivity contribution in [3.63, 3.8) is 0 Å². The molecule has 1 aliphatic heterocycles. The van der Waals surface area contributed by atoms with Gasteiger partial charge in [0, 0.05) is 6.20 Å². The minimum Gasteiger partial charge on any atom is -0.459 e. The molecule has 3 rings (SSSR count). The first-order chi connectivity index (χ1) is 12.7. The quantitative estimate of drug-likeness (QED) is 0.763. The SMILES string of the molecule is O=C(OCc1ccccc1)[C@@H]1CCC=CN1C(=O)OCc1ccccc1. The molecular weight excluding hydrogens is 330 g/mol. The van der Waals surface area contributed by atoms with Crippen molar-refractivity contribution >= 4 is 12.1 Å². The van der Waals surface area contributed by atoms with Gasteiger partial charge in [-0.1, -0.05) is 66.7 Å². The highest BCUT2D eigenvalue weighted by Gasteiger charge is 2.32. The molecular formula is C21H21NO4. The second kappa shape index (κ2) is 8.85. The van der Waals surface area contributed by atoms with Gasteiger partial charge in [0.05, 0.1) is 0 Å². The summed E-state index contributed by atoms with van der Waals surface area (Å²) in [6.45, 7) is 0.350. The van der Waals surface area contributed by atoms with Crippen LogP contribution in [0.5, 0.6) is 0 Å². The summed E-state index contributed by atoms with van der Waals surface area (Å²) in [5.41, 5.74) is 1.80. The summed E-state index contributed by atoms with van der Waals surface area (Å²) in [6, 6.07) is 18.2. The summed E-state index contributed by atoms with van der Waals surface area (Å²) >= 11 is 0. The Kier molecular flexibility index (Phi) is 6.04. The Morgan fingerprint density at radius 2 is 1.46 bits per heavy atom. The van der Waals surface area contributed by atoms with Crippen LogP contribution < -0.4 is 0 Å². The van der Waals surface area contributed by atoms with Crippen LogP contribution in [0.4, 0.5) is 4.79 Å². The van der Waals surface area contributed by atoms with E-state index in [1.165, 1.54) is 4.90 Å². The van der Waals surface area contributed by atoms with Crippen LogP contribution in [0.15, 0.2) is 72.9 Å². The molecule has 0 fully saturated rings. The number of hydrogen-bond acceptors (Lipinski definition) is 4. The Hall–Kier alpha value is -3.08. The molecule has 0 saturated heterocycles. The third-order valence-corrected chi connectivity index (χ3v) is 4.12. The first kappa shape index (κ1) is 17.7. The summed E-state index contributed by atoms with van der Waals surface area (Å²) in [4.78, 5) is 26.2. The maximum absolute atomic E-state index is 12.5. The number of amides is 1. The molecule has 2 aromatic carbocycles. The monoisotopic (exact) mass is 351 g/mol. The molecule has 1 aliphatic rings. The second-order valence-corrected chi connectivity index (χ2v) is 6.02. The summed E-state index contributed by atoms with van der Waals surface area (Å²) in [5.74, 6) is -0.421. The van der Waals surface area contributed by atoms with Crippen LogP contribution in [0.2, 0.25) is 0 Å². The molecule has 26 heavy (non-hydrogen) atoms. The lowest BCUT2D eigenvalue weighted by Crippen LogP contribution is -2.44. The molecule has 0 saturated carbocycles. The number of benzene rings is 2. The van der Waals surface area contributed by atoms with Gasteiger partial charge in [-0.05, 0) is 24.0 Å². The summed E-state index contributed by atoms with van der Waals surface area (Å²) in [7, 11) is 0. The standard InChI is InChI=1S/C21H21NO4/c23-20(25-15-17-9-3-1-4-10-17)19-13-7-8-14-22(19)21(24)26-16-18-11-5-2-6-12-18/h1-6,8-12,14,19H,7,13,15-16H2/t19-/m0/s1. The van der Waals surface area contributed by atoms with Crippen molar-refractivity contribution in [1.29, 1.82) is 0 Å². The summed E-state index contributed by atoms with van der Waals surface area (Å²) in [5, 5.41) is 0. The van der Waals surface area contributed by atoms with Crippen LogP contribution in [0.3, 0.4) is 0 Å². The lowest BCUT2D eigenvalue weighted by Gasteiger charge is -2.29. The van der Waals surface area contributed by atoms with E-state index in [-0.39, 0.29) is 13.2 Å². The van der Waals surface area contributed by atoms with E-state index in [4.69, 9.17) is 9.47 Å². The van der Waals surface area contributed by atoms with E-state index >= 15 is 0 Å². The predicted molar refractivity (Wildman–Crippen MR) is 96.9 cm³/mol. The Bertz CT molecular complexity index is 758. The fourth-order valence-electron chi connectivity index (χ4n) is 2.72. The van der Waals surface area contributed by atoms with Gasteiger partial charge in [0.15, 0.2) is 0 Å². The molecule has 0 N–H and O–H groups in total. The topological polar surface area (TPSA) is 55.8 Å². The number of allylic oxidation sites excluding steroid dienone is 1. The normalized spacial score (nSPS) is 16.2. The van der Waals surface area contributed by atoms with E-state index in [2.05, 4.69) is 0 Å². The highest BCUT2D eigenvalue weighted by molar-refractivity contribution is 5.82. The van der Waals surface area contributed by atoms with Crippen LogP contribution in [0, 0.1) is 0 Å². The number of ether oxygens (including phenoxy) is 2. The molecule has 5 heteroatoms. The minimum absolute atomic E-state index is 0.162. The first-order valence-corrected chi connectivity index (χ1v) is 8.60. The van der Waals surface area contributed by atoms with Crippen LogP contribution in [-0.4, -0.2) is 23.0 Å². The lowest BCUT2D eigenvalue weighted by atomic mass is 10.1. The molecule has 0 radical (unpaired) electrons. The maximum Gasteiger partial charge on any atom is 0.414 e. The predicted octanol–water partition coefficient (Wildman–Crippen LogP) is 4.04. The number of carbonyl (C=O) groups excluding carboxylic acids is 2. The highest BCUT2D eigenvalue weighted by atomic mass is 16.6. The second-order valence-electron chi connectivity index (χ2n) is 6.02. The molecule has 1 heterocycles. The first-order valence-electron chi connectivity index (χ1n) is 8.60. The smallest absolute Gasteiger partial charge is 0.414 e. The van der Waals surface area contributed by atoms with E-state index in [0.29, 0.717) is 12.8 Å². The average Bonchev–Trinajstić information content (AvgIpc) is 2.72. The zero-order valence-corrected chi connectivity index (χ0v) is 14.4. The van der Waals surface area contributed by atoms with Crippen molar-refractivity contribution in [1.82, 2.24) is 4.90 Å². The maximum atomic E-state index is 12.5. The van der Waals surface area contributed by atoms with E-state index in [0.717, 1.165) is 11.1 Å². The zero-order chi connectivity index (χ0) is 18.2. The molecule has 134 valence electrons. The molecule has 1 atom stereocenters. The van der Waals surface area contributed by atoms with Gasteiger partial charge < -0.3 is 9.47 Å². The molecule has 0 aliphatic carbocycles. The van der Waals surface area contributed by atoms with Gasteiger partial charge in [-0.3, -0.25) is 4.90 Å². The van der Waals surface area contributed by atoms with Gasteiger partial charge in [0.25, 0.3) is 0 Å². The molecule has 1 amide bonds. The van der Waals surface area contributed by atoms with E-state index < -0.39 is 18.1 Å². The average molecular weight is 351 g/mol. The largest absolute Gasteiger partial charge is 0.459 e. The Morgan fingerprint density at radius 3 is 2.08 bits per heavy atom. The van der Waals surface area contributed by atoms with Crippen LogP contribution in [-0.2, 0) is 27.5 Å². The van der Waals surface area contributed by atoms with Crippen molar-refractivity contribution in [3.05, 3.63) is 84.1 Å². The van der Waals surface area contributed by atoms with E-state index in [9.17, 15) is 9.59 Å². The molecule has 0 unspecified atom stereocenters. The Morgan fingerprint density at radius 1 is 0.885 bits per heavy atom. The number of carbonyl (C=O) groups is 2.